The number of nitrogens with zero attached hydrogens (tertiary/aromatic N) is 1. The summed E-state index contributed by atoms with van der Waals surface area (Å²) >= 11 is 0. The van der Waals surface area contributed by atoms with E-state index in [9.17, 15) is 40.0 Å². The number of hydrogen-bond acceptors (Lipinski definition) is 6. The van der Waals surface area contributed by atoms with Crippen LogP contribution in [0.2, 0.25) is 0 Å². The van der Waals surface area contributed by atoms with Gasteiger partial charge in [-0.2, -0.15) is 30.4 Å². The van der Waals surface area contributed by atoms with Gasteiger partial charge in [0.1, 0.15) is 12.1 Å². The normalized spacial score (nSPS) is 26.7. The van der Waals surface area contributed by atoms with Gasteiger partial charge in [-0.15, -0.1) is 0 Å². The van der Waals surface area contributed by atoms with Gasteiger partial charge < -0.3 is 13.8 Å². The van der Waals surface area contributed by atoms with Crippen molar-refractivity contribution in [2.45, 2.75) is 36.4 Å². The van der Waals surface area contributed by atoms with Crippen molar-refractivity contribution in [3.8, 4) is 0 Å². The van der Waals surface area contributed by atoms with Crippen LogP contribution in [0.4, 0.5) is 22.0 Å². The van der Waals surface area contributed by atoms with Crippen LogP contribution < -0.4 is 0 Å². The van der Waals surface area contributed by atoms with E-state index in [0.29, 0.717) is 4.90 Å². The summed E-state index contributed by atoms with van der Waals surface area (Å²) in [5, 5.41) is 0. The van der Waals surface area contributed by atoms with Gasteiger partial charge in [0.2, 0.25) is 0 Å². The molecule has 7 nitrogen and oxygen atoms in total. The van der Waals surface area contributed by atoms with Crippen LogP contribution in [0, 0.1) is 0 Å². The minimum Gasteiger partial charge on any atom is -0.467 e. The average molecular weight is 379 g/mol. The van der Waals surface area contributed by atoms with Crippen molar-refractivity contribution in [1.82, 2.24) is 4.90 Å². The standard InChI is InChI=1S/C11H10F5NO6S/c1-22-9(19)5-2-3-6-10(12,13)7(4-8(18)17(5)6)23-24(20,21)11(14,15)16/h4-6H,2-3H2,1H3/t5-,6?/m1/s1. The molecule has 0 saturated carbocycles. The lowest BCUT2D eigenvalue weighted by Crippen LogP contribution is -2.56. The number of fused-ring (bicyclic) bond motifs is 1. The second kappa shape index (κ2) is 5.57. The molecule has 0 radical (unpaired) electrons. The number of hydrogen-bond donors (Lipinski definition) is 0. The number of esters is 1. The first-order valence-electron chi connectivity index (χ1n) is 6.33. The maximum Gasteiger partial charge on any atom is 0.534 e. The van der Waals surface area contributed by atoms with Crippen molar-refractivity contribution < 1.29 is 48.9 Å². The van der Waals surface area contributed by atoms with Gasteiger partial charge >= 0.3 is 27.5 Å². The molecule has 0 N–H and O–H groups in total. The van der Waals surface area contributed by atoms with E-state index in [1.807, 2.05) is 0 Å². The third-order valence-electron chi connectivity index (χ3n) is 3.60. The van der Waals surface area contributed by atoms with Crippen LogP contribution in [-0.2, 0) is 28.6 Å². The third kappa shape index (κ3) is 2.80. The molecule has 0 spiro atoms. The first kappa shape index (κ1) is 18.4. The number of carbonyl (C=O) groups excluding carboxylic acids is 2. The molecule has 2 aliphatic heterocycles. The maximum absolute atomic E-state index is 14.3. The SMILES string of the molecule is COC(=O)[C@H]1CCC2N1C(=O)C=C(OS(=O)(=O)C(F)(F)F)C2(F)F. The van der Waals surface area contributed by atoms with Gasteiger partial charge in [0.15, 0.2) is 5.76 Å². The van der Waals surface area contributed by atoms with E-state index in [4.69, 9.17) is 0 Å². The van der Waals surface area contributed by atoms with Crippen molar-refractivity contribution in [1.29, 1.82) is 0 Å². The fourth-order valence-electron chi connectivity index (χ4n) is 2.53. The molecule has 1 fully saturated rings. The minimum absolute atomic E-state index is 0.0684. The lowest BCUT2D eigenvalue weighted by atomic mass is 10.0. The zero-order valence-electron chi connectivity index (χ0n) is 11.8. The monoisotopic (exact) mass is 379 g/mol. The summed E-state index contributed by atoms with van der Waals surface area (Å²) in [4.78, 5) is 23.9. The fourth-order valence-corrected chi connectivity index (χ4v) is 3.02. The largest absolute Gasteiger partial charge is 0.534 e. The topological polar surface area (TPSA) is 90.0 Å². The van der Waals surface area contributed by atoms with E-state index in [1.54, 1.807) is 0 Å². The lowest BCUT2D eigenvalue weighted by Gasteiger charge is -2.37. The van der Waals surface area contributed by atoms with Gasteiger partial charge in [0.05, 0.1) is 7.11 Å². The summed E-state index contributed by atoms with van der Waals surface area (Å²) in [5.41, 5.74) is -5.94. The Balaban J connectivity index is 2.40. The first-order chi connectivity index (χ1) is 10.8. The number of alkyl halides is 5. The van der Waals surface area contributed by atoms with Gasteiger partial charge in [-0.05, 0) is 12.8 Å². The molecule has 136 valence electrons. The Kier molecular flexibility index (Phi) is 4.27. The average Bonchev–Trinajstić information content (AvgIpc) is 2.89. The fraction of sp³-hybridized carbons (Fsp3) is 0.636. The van der Waals surface area contributed by atoms with Gasteiger partial charge in [-0.1, -0.05) is 0 Å². The van der Waals surface area contributed by atoms with E-state index in [1.165, 1.54) is 0 Å². The predicted octanol–water partition coefficient (Wildman–Crippen LogP) is 0.918. The van der Waals surface area contributed by atoms with Crippen LogP contribution in [0.1, 0.15) is 12.8 Å². The van der Waals surface area contributed by atoms with Crippen molar-refractivity contribution >= 4 is 22.0 Å². The van der Waals surface area contributed by atoms with Gasteiger partial charge in [-0.25, -0.2) is 4.79 Å². The Morgan fingerprint density at radius 3 is 2.42 bits per heavy atom. The van der Waals surface area contributed by atoms with Crippen LogP contribution in [0.3, 0.4) is 0 Å². The molecule has 0 aromatic heterocycles. The Morgan fingerprint density at radius 2 is 1.92 bits per heavy atom. The summed E-state index contributed by atoms with van der Waals surface area (Å²) in [5.74, 6) is -8.40. The number of halogens is 5. The molecular weight excluding hydrogens is 369 g/mol. The quantitative estimate of drug-likeness (QED) is 0.314. The smallest absolute Gasteiger partial charge is 0.467 e. The molecule has 1 amide bonds. The Bertz CT molecular complexity index is 700. The molecule has 0 aromatic carbocycles. The van der Waals surface area contributed by atoms with Crippen molar-refractivity contribution in [2.24, 2.45) is 0 Å². The third-order valence-corrected chi connectivity index (χ3v) is 4.56. The van der Waals surface area contributed by atoms with Gasteiger partial charge in [0, 0.05) is 6.08 Å². The summed E-state index contributed by atoms with van der Waals surface area (Å²) in [6, 6.07) is -3.35. The number of amides is 1. The summed E-state index contributed by atoms with van der Waals surface area (Å²) in [6.07, 6.45) is -0.738. The van der Waals surface area contributed by atoms with E-state index in [2.05, 4.69) is 8.92 Å². The molecular formula is C11H10F5NO6S. The second-order valence-corrected chi connectivity index (χ2v) is 6.53. The van der Waals surface area contributed by atoms with Crippen LogP contribution >= 0.6 is 0 Å². The molecule has 0 aliphatic carbocycles. The maximum atomic E-state index is 14.3. The summed E-state index contributed by atoms with van der Waals surface area (Å²) < 4.78 is 95.0. The highest BCUT2D eigenvalue weighted by atomic mass is 32.2. The molecule has 1 saturated heterocycles. The predicted molar refractivity (Wildman–Crippen MR) is 64.8 cm³/mol. The minimum atomic E-state index is -6.37. The summed E-state index contributed by atoms with van der Waals surface area (Å²) in [6.45, 7) is 0. The number of rotatable bonds is 3. The lowest BCUT2D eigenvalue weighted by molar-refractivity contribution is -0.157. The molecule has 0 aromatic rings. The zero-order chi connectivity index (χ0) is 18.5. The molecule has 0 bridgehead atoms. The molecule has 24 heavy (non-hydrogen) atoms. The van der Waals surface area contributed by atoms with Crippen LogP contribution in [0.15, 0.2) is 11.8 Å². The Morgan fingerprint density at radius 1 is 1.33 bits per heavy atom. The first-order valence-corrected chi connectivity index (χ1v) is 7.74. The van der Waals surface area contributed by atoms with E-state index in [0.717, 1.165) is 7.11 Å². The zero-order valence-corrected chi connectivity index (χ0v) is 12.7. The van der Waals surface area contributed by atoms with Crippen LogP contribution in [0.5, 0.6) is 0 Å². The number of carbonyl (C=O) groups is 2. The van der Waals surface area contributed by atoms with Crippen LogP contribution in [0.25, 0.3) is 0 Å². The number of methoxy groups -OCH3 is 1. The highest BCUT2D eigenvalue weighted by Gasteiger charge is 2.61. The van der Waals surface area contributed by atoms with Crippen molar-refractivity contribution in [3.63, 3.8) is 0 Å². The van der Waals surface area contributed by atoms with E-state index < -0.39 is 57.7 Å². The van der Waals surface area contributed by atoms with Crippen molar-refractivity contribution in [2.75, 3.05) is 7.11 Å². The molecule has 2 atom stereocenters. The number of ether oxygens (including phenoxy) is 1. The molecule has 2 heterocycles. The summed E-state index contributed by atoms with van der Waals surface area (Å²) in [7, 11) is -5.39. The molecule has 2 aliphatic rings. The van der Waals surface area contributed by atoms with Gasteiger partial charge in [0.25, 0.3) is 5.91 Å². The van der Waals surface area contributed by atoms with E-state index >= 15 is 0 Å². The van der Waals surface area contributed by atoms with Crippen molar-refractivity contribution in [3.05, 3.63) is 11.8 Å². The Hall–Kier alpha value is -1.92. The molecule has 2 rings (SSSR count). The van der Waals surface area contributed by atoms with Crippen LogP contribution in [-0.4, -0.2) is 55.8 Å². The highest BCUT2D eigenvalue weighted by Crippen LogP contribution is 2.44. The molecule has 13 heteroatoms. The van der Waals surface area contributed by atoms with E-state index in [-0.39, 0.29) is 12.5 Å². The molecule has 1 unspecified atom stereocenters. The second-order valence-electron chi connectivity index (χ2n) is 4.99. The highest BCUT2D eigenvalue weighted by molar-refractivity contribution is 7.87. The Labute approximate surface area is 132 Å². The van der Waals surface area contributed by atoms with Gasteiger partial charge in [-0.3, -0.25) is 4.79 Å².